The number of hydrogen-bond acceptors (Lipinski definition) is 4. The zero-order valence-corrected chi connectivity index (χ0v) is 19.3. The molecule has 32 heavy (non-hydrogen) atoms. The molecule has 0 spiro atoms. The summed E-state index contributed by atoms with van der Waals surface area (Å²) in [6.07, 6.45) is 1.55. The lowest BCUT2D eigenvalue weighted by molar-refractivity contribution is 0.100. The van der Waals surface area contributed by atoms with E-state index in [1.807, 2.05) is 37.3 Å². The average Bonchev–Trinajstić information content (AvgIpc) is 3.21. The van der Waals surface area contributed by atoms with Crippen molar-refractivity contribution >= 4 is 39.4 Å². The van der Waals surface area contributed by atoms with Gasteiger partial charge in [0, 0.05) is 26.8 Å². The normalized spacial score (nSPS) is 10.5. The first-order chi connectivity index (χ1) is 15.3. The summed E-state index contributed by atoms with van der Waals surface area (Å²) in [5.74, 6) is 5.70. The molecule has 2 aromatic carbocycles. The number of rotatable bonds is 3. The minimum atomic E-state index is -0.577. The lowest BCUT2D eigenvalue weighted by Crippen LogP contribution is -2.11. The van der Waals surface area contributed by atoms with E-state index in [0.717, 1.165) is 21.2 Å². The van der Waals surface area contributed by atoms with Crippen LogP contribution in [0.25, 0.3) is 22.6 Å². The highest BCUT2D eigenvalue weighted by atomic mass is 79.9. The third-order valence-corrected chi connectivity index (χ3v) is 5.56. The molecule has 2 aromatic heterocycles. The number of carbonyl (C=O) groups is 1. The van der Waals surface area contributed by atoms with Crippen molar-refractivity contribution in [3.05, 3.63) is 86.5 Å². The maximum absolute atomic E-state index is 12.2. The summed E-state index contributed by atoms with van der Waals surface area (Å²) in [6, 6.07) is 14.7. The maximum atomic E-state index is 12.2. The van der Waals surface area contributed by atoms with Gasteiger partial charge in [-0.1, -0.05) is 45.4 Å². The quantitative estimate of drug-likeness (QED) is 0.342. The molecule has 0 unspecified atom stereocenters. The number of primary amides is 1. The monoisotopic (exact) mass is 505 g/mol. The Hall–Kier alpha value is -3.60. The van der Waals surface area contributed by atoms with Crippen LogP contribution in [0.15, 0.2) is 59.2 Å². The number of aromatic amines is 1. The Morgan fingerprint density at radius 3 is 2.59 bits per heavy atom. The number of hydrogen-bond donors (Lipinski definition) is 3. The first-order valence-corrected chi connectivity index (χ1v) is 10.7. The largest absolute Gasteiger partial charge is 0.368 e. The molecule has 0 saturated heterocycles. The van der Waals surface area contributed by atoms with Gasteiger partial charge in [0.15, 0.2) is 0 Å². The molecular weight excluding hydrogens is 490 g/mol. The van der Waals surface area contributed by atoms with Gasteiger partial charge in [0.25, 0.3) is 5.91 Å². The number of nitrogens with zero attached hydrogens (tertiary/aromatic N) is 2. The van der Waals surface area contributed by atoms with Gasteiger partial charge in [-0.25, -0.2) is 9.97 Å². The van der Waals surface area contributed by atoms with Crippen LogP contribution in [0.4, 0.5) is 5.95 Å². The molecule has 0 saturated carbocycles. The predicted molar refractivity (Wildman–Crippen MR) is 130 cm³/mol. The number of H-pyrrole nitrogens is 1. The summed E-state index contributed by atoms with van der Waals surface area (Å²) in [5, 5.41) is 0.546. The molecular formula is C24H17BrClN5O. The summed E-state index contributed by atoms with van der Waals surface area (Å²) >= 11 is 9.60. The van der Waals surface area contributed by atoms with Crippen LogP contribution in [0, 0.1) is 18.8 Å². The van der Waals surface area contributed by atoms with Crippen molar-refractivity contribution in [2.24, 2.45) is 5.73 Å². The van der Waals surface area contributed by atoms with Crippen LogP contribution >= 0.6 is 27.5 Å². The van der Waals surface area contributed by atoms with Gasteiger partial charge in [-0.2, -0.15) is 0 Å². The second-order valence-corrected chi connectivity index (χ2v) is 8.39. The van der Waals surface area contributed by atoms with E-state index in [1.165, 1.54) is 0 Å². The van der Waals surface area contributed by atoms with Gasteiger partial charge < -0.3 is 16.5 Å². The van der Waals surface area contributed by atoms with Crippen LogP contribution < -0.4 is 11.5 Å². The number of aryl methyl sites for hydroxylation is 1. The van der Waals surface area contributed by atoms with Crippen LogP contribution in [-0.4, -0.2) is 20.9 Å². The molecule has 8 heteroatoms. The molecule has 158 valence electrons. The SMILES string of the molecule is Cc1ccc(Cl)cc1-c1[nH]c(-c2nc(N)ncc2C#Cc2ccc(Br)cc2)cc1C(N)=O. The number of carbonyl (C=O) groups excluding carboxylic acids is 1. The molecule has 6 nitrogen and oxygen atoms in total. The zero-order chi connectivity index (χ0) is 22.8. The third kappa shape index (κ3) is 4.52. The van der Waals surface area contributed by atoms with Crippen LogP contribution in [-0.2, 0) is 0 Å². The van der Waals surface area contributed by atoms with Crippen molar-refractivity contribution in [1.82, 2.24) is 15.0 Å². The highest BCUT2D eigenvalue weighted by Crippen LogP contribution is 2.33. The van der Waals surface area contributed by atoms with Crippen LogP contribution in [0.5, 0.6) is 0 Å². The third-order valence-electron chi connectivity index (χ3n) is 4.80. The van der Waals surface area contributed by atoms with Gasteiger partial charge >= 0.3 is 0 Å². The van der Waals surface area contributed by atoms with E-state index >= 15 is 0 Å². The smallest absolute Gasteiger partial charge is 0.250 e. The first-order valence-electron chi connectivity index (χ1n) is 9.51. The average molecular weight is 507 g/mol. The number of benzene rings is 2. The van der Waals surface area contributed by atoms with Crippen molar-refractivity contribution in [3.8, 4) is 34.5 Å². The van der Waals surface area contributed by atoms with E-state index in [4.69, 9.17) is 23.1 Å². The van der Waals surface area contributed by atoms with E-state index in [0.29, 0.717) is 33.2 Å². The Labute approximate surface area is 198 Å². The Morgan fingerprint density at radius 2 is 1.88 bits per heavy atom. The molecule has 1 amide bonds. The van der Waals surface area contributed by atoms with Gasteiger partial charge in [-0.3, -0.25) is 4.79 Å². The molecule has 0 aliphatic heterocycles. The Morgan fingerprint density at radius 1 is 1.12 bits per heavy atom. The van der Waals surface area contributed by atoms with Crippen LogP contribution in [0.2, 0.25) is 5.02 Å². The topological polar surface area (TPSA) is 111 Å². The summed E-state index contributed by atoms with van der Waals surface area (Å²) in [7, 11) is 0. The molecule has 0 atom stereocenters. The second-order valence-electron chi connectivity index (χ2n) is 7.04. The van der Waals surface area contributed by atoms with E-state index in [-0.39, 0.29) is 5.95 Å². The zero-order valence-electron chi connectivity index (χ0n) is 16.9. The number of nitrogens with one attached hydrogen (secondary N) is 1. The lowest BCUT2D eigenvalue weighted by Gasteiger charge is -2.07. The molecule has 0 aliphatic carbocycles. The molecule has 4 rings (SSSR count). The number of halogens is 2. The van der Waals surface area contributed by atoms with Gasteiger partial charge in [-0.15, -0.1) is 0 Å². The van der Waals surface area contributed by atoms with Crippen molar-refractivity contribution in [1.29, 1.82) is 0 Å². The van der Waals surface area contributed by atoms with E-state index in [1.54, 1.807) is 24.4 Å². The molecule has 5 N–H and O–H groups in total. The molecule has 0 fully saturated rings. The van der Waals surface area contributed by atoms with E-state index < -0.39 is 5.91 Å². The Bertz CT molecular complexity index is 1400. The van der Waals surface area contributed by atoms with Crippen molar-refractivity contribution in [2.75, 3.05) is 5.73 Å². The van der Waals surface area contributed by atoms with Gasteiger partial charge in [0.2, 0.25) is 5.95 Å². The fraction of sp³-hybridized carbons (Fsp3) is 0.0417. The second kappa shape index (κ2) is 8.87. The summed E-state index contributed by atoms with van der Waals surface area (Å²) in [6.45, 7) is 1.93. The summed E-state index contributed by atoms with van der Waals surface area (Å²) < 4.78 is 0.966. The minimum absolute atomic E-state index is 0.0879. The molecule has 0 bridgehead atoms. The van der Waals surface area contributed by atoms with Crippen LogP contribution in [0.1, 0.15) is 27.0 Å². The van der Waals surface area contributed by atoms with Crippen LogP contribution in [0.3, 0.4) is 0 Å². The van der Waals surface area contributed by atoms with Crippen molar-refractivity contribution in [2.45, 2.75) is 6.92 Å². The van der Waals surface area contributed by atoms with Gasteiger partial charge in [-0.05, 0) is 55.0 Å². The van der Waals surface area contributed by atoms with Crippen molar-refractivity contribution < 1.29 is 4.79 Å². The molecule has 4 aromatic rings. The number of nitrogens with two attached hydrogens (primary N) is 2. The minimum Gasteiger partial charge on any atom is -0.368 e. The number of aromatic nitrogens is 3. The highest BCUT2D eigenvalue weighted by Gasteiger charge is 2.19. The Kier molecular flexibility index (Phi) is 5.99. The van der Waals surface area contributed by atoms with E-state index in [9.17, 15) is 4.79 Å². The number of amides is 1. The number of nitrogen functional groups attached to an aromatic ring is 1. The highest BCUT2D eigenvalue weighted by molar-refractivity contribution is 9.10. The van der Waals surface area contributed by atoms with E-state index in [2.05, 4.69) is 42.7 Å². The van der Waals surface area contributed by atoms with Gasteiger partial charge in [0.05, 0.1) is 22.5 Å². The maximum Gasteiger partial charge on any atom is 0.250 e. The fourth-order valence-electron chi connectivity index (χ4n) is 3.22. The summed E-state index contributed by atoms with van der Waals surface area (Å²) in [4.78, 5) is 23.9. The first kappa shape index (κ1) is 21.6. The summed E-state index contributed by atoms with van der Waals surface area (Å²) in [5.41, 5.74) is 16.5. The lowest BCUT2D eigenvalue weighted by atomic mass is 10.0. The fourth-order valence-corrected chi connectivity index (χ4v) is 3.65. The molecule has 0 aliphatic rings. The van der Waals surface area contributed by atoms with Crippen molar-refractivity contribution in [3.63, 3.8) is 0 Å². The number of anilines is 1. The van der Waals surface area contributed by atoms with Gasteiger partial charge in [0.1, 0.15) is 5.69 Å². The predicted octanol–water partition coefficient (Wildman–Crippen LogP) is 4.94. The molecule has 2 heterocycles. The molecule has 0 radical (unpaired) electrons. The standard InChI is InChI=1S/C24H17BrClN5O/c1-13-2-9-17(26)10-18(13)22-19(23(27)32)11-20(30-22)21-15(12-29-24(28)31-21)6-3-14-4-7-16(25)8-5-14/h2,4-5,7-12,30H,1H3,(H2,27,32)(H2,28,29,31). The Balaban J connectivity index is 1.86.